The van der Waals surface area contributed by atoms with Gasteiger partial charge in [0.15, 0.2) is 9.84 Å². The van der Waals surface area contributed by atoms with E-state index in [1.165, 1.54) is 0 Å². The molecule has 0 bridgehead atoms. The van der Waals surface area contributed by atoms with E-state index in [0.29, 0.717) is 16.5 Å². The van der Waals surface area contributed by atoms with Gasteiger partial charge in [0.05, 0.1) is 16.3 Å². The first kappa shape index (κ1) is 11.9. The van der Waals surface area contributed by atoms with Gasteiger partial charge in [0.25, 0.3) is 0 Å². The first-order valence-electron chi connectivity index (χ1n) is 5.19. The fourth-order valence-electron chi connectivity index (χ4n) is 1.81. The summed E-state index contributed by atoms with van der Waals surface area (Å²) in [6.07, 6.45) is 0. The molecule has 0 saturated carbocycles. The molecule has 2 rings (SSSR count). The van der Waals surface area contributed by atoms with Crippen LogP contribution in [-0.4, -0.2) is 20.2 Å². The van der Waals surface area contributed by atoms with Crippen LogP contribution in [0.3, 0.4) is 0 Å². The maximum atomic E-state index is 12.0. The molecular weight excluding hydrogens is 290 g/mol. The molecule has 0 saturated heterocycles. The zero-order valence-corrected chi connectivity index (χ0v) is 11.6. The van der Waals surface area contributed by atoms with Crippen LogP contribution in [0.1, 0.15) is 13.8 Å². The summed E-state index contributed by atoms with van der Waals surface area (Å²) in [7, 11) is -3.14. The van der Waals surface area contributed by atoms with Crippen molar-refractivity contribution in [1.82, 2.24) is 0 Å². The van der Waals surface area contributed by atoms with E-state index in [9.17, 15) is 8.42 Å². The minimum Gasteiger partial charge on any atom is -0.380 e. The number of anilines is 1. The predicted octanol–water partition coefficient (Wildman–Crippen LogP) is 2.67. The molecular formula is C11H14BrNO2S. The Bertz CT molecular complexity index is 511. The number of benzene rings is 1. The van der Waals surface area contributed by atoms with E-state index < -0.39 is 9.84 Å². The van der Waals surface area contributed by atoms with Crippen molar-refractivity contribution in [3.63, 3.8) is 0 Å². The van der Waals surface area contributed by atoms with Crippen LogP contribution in [0, 0.1) is 5.92 Å². The molecule has 1 aromatic rings. The smallest absolute Gasteiger partial charge is 0.182 e. The van der Waals surface area contributed by atoms with E-state index in [2.05, 4.69) is 21.2 Å². The molecule has 0 aliphatic carbocycles. The number of sulfone groups is 1. The second-order valence-corrected chi connectivity index (χ2v) is 7.34. The Morgan fingerprint density at radius 2 is 2.12 bits per heavy atom. The molecule has 5 heteroatoms. The quantitative estimate of drug-likeness (QED) is 0.867. The third kappa shape index (κ3) is 2.11. The van der Waals surface area contributed by atoms with E-state index in [-0.39, 0.29) is 11.8 Å². The van der Waals surface area contributed by atoms with E-state index >= 15 is 0 Å². The highest BCUT2D eigenvalue weighted by Gasteiger charge is 2.31. The molecule has 3 nitrogen and oxygen atoms in total. The summed E-state index contributed by atoms with van der Waals surface area (Å²) < 4.78 is 25.0. The van der Waals surface area contributed by atoms with E-state index in [0.717, 1.165) is 4.47 Å². The lowest BCUT2D eigenvalue weighted by molar-refractivity contribution is 0.531. The average Bonchev–Trinajstić information content (AvgIpc) is 2.15. The van der Waals surface area contributed by atoms with Crippen molar-refractivity contribution in [2.75, 3.05) is 11.1 Å². The van der Waals surface area contributed by atoms with E-state index in [1.807, 2.05) is 19.9 Å². The summed E-state index contributed by atoms with van der Waals surface area (Å²) >= 11 is 3.35. The molecule has 1 aliphatic heterocycles. The lowest BCUT2D eigenvalue weighted by atomic mass is 10.1. The first-order valence-corrected chi connectivity index (χ1v) is 7.63. The summed E-state index contributed by atoms with van der Waals surface area (Å²) in [4.78, 5) is 0.410. The fourth-order valence-corrected chi connectivity index (χ4v) is 4.02. The lowest BCUT2D eigenvalue weighted by Crippen LogP contribution is -2.37. The molecule has 1 unspecified atom stereocenters. The van der Waals surface area contributed by atoms with Crippen LogP contribution < -0.4 is 5.32 Å². The van der Waals surface area contributed by atoms with Crippen molar-refractivity contribution in [3.05, 3.63) is 22.7 Å². The number of rotatable bonds is 1. The third-order valence-electron chi connectivity index (χ3n) is 2.82. The van der Waals surface area contributed by atoms with Gasteiger partial charge in [-0.15, -0.1) is 0 Å². The largest absolute Gasteiger partial charge is 0.380 e. The predicted molar refractivity (Wildman–Crippen MR) is 68.4 cm³/mol. The molecule has 1 aromatic carbocycles. The molecule has 88 valence electrons. The maximum Gasteiger partial charge on any atom is 0.182 e. The van der Waals surface area contributed by atoms with Crippen molar-refractivity contribution < 1.29 is 8.42 Å². The van der Waals surface area contributed by atoms with Crippen molar-refractivity contribution in [2.45, 2.75) is 24.8 Å². The van der Waals surface area contributed by atoms with Gasteiger partial charge in [0.2, 0.25) is 0 Å². The van der Waals surface area contributed by atoms with Gasteiger partial charge in [-0.3, -0.25) is 0 Å². The van der Waals surface area contributed by atoms with Gasteiger partial charge in [-0.1, -0.05) is 29.8 Å². The van der Waals surface area contributed by atoms with Gasteiger partial charge < -0.3 is 5.32 Å². The van der Waals surface area contributed by atoms with Crippen LogP contribution in [-0.2, 0) is 9.84 Å². The summed E-state index contributed by atoms with van der Waals surface area (Å²) in [6.45, 7) is 4.05. The molecule has 0 amide bonds. The maximum absolute atomic E-state index is 12.0. The second kappa shape index (κ2) is 4.04. The Hall–Kier alpha value is -0.550. The van der Waals surface area contributed by atoms with Gasteiger partial charge in [0.1, 0.15) is 0 Å². The standard InChI is InChI=1S/C11H14BrNO2S/c1-7(2)10-6-16(14,15)11-4-3-8(12)5-9(11)13-10/h3-5,7,10,13H,6H2,1-2H3. The number of hydrogen-bond acceptors (Lipinski definition) is 3. The molecule has 0 spiro atoms. The highest BCUT2D eigenvalue weighted by atomic mass is 79.9. The van der Waals surface area contributed by atoms with Crippen LogP contribution >= 0.6 is 15.9 Å². The van der Waals surface area contributed by atoms with Crippen molar-refractivity contribution >= 4 is 31.5 Å². The topological polar surface area (TPSA) is 46.2 Å². The van der Waals surface area contributed by atoms with Crippen molar-refractivity contribution in [2.24, 2.45) is 5.92 Å². The van der Waals surface area contributed by atoms with Gasteiger partial charge in [-0.05, 0) is 24.1 Å². The molecule has 1 atom stereocenters. The van der Waals surface area contributed by atoms with Gasteiger partial charge in [-0.2, -0.15) is 0 Å². The zero-order chi connectivity index (χ0) is 11.9. The number of hydrogen-bond donors (Lipinski definition) is 1. The Labute approximate surface area is 104 Å². The van der Waals surface area contributed by atoms with Gasteiger partial charge >= 0.3 is 0 Å². The number of fused-ring (bicyclic) bond motifs is 1. The Kier molecular flexibility index (Phi) is 3.01. The van der Waals surface area contributed by atoms with E-state index in [1.54, 1.807) is 12.1 Å². The molecule has 1 N–H and O–H groups in total. The molecule has 0 fully saturated rings. The van der Waals surface area contributed by atoms with Crippen LogP contribution in [0.25, 0.3) is 0 Å². The van der Waals surface area contributed by atoms with Crippen LogP contribution in [0.5, 0.6) is 0 Å². The normalized spacial score (nSPS) is 22.6. The highest BCUT2D eigenvalue weighted by Crippen LogP contribution is 2.32. The van der Waals surface area contributed by atoms with Crippen molar-refractivity contribution in [3.8, 4) is 0 Å². The average molecular weight is 304 g/mol. The Morgan fingerprint density at radius 1 is 1.44 bits per heavy atom. The molecule has 16 heavy (non-hydrogen) atoms. The SMILES string of the molecule is CC(C)C1CS(=O)(=O)c2ccc(Br)cc2N1. The molecule has 0 aromatic heterocycles. The second-order valence-electron chi connectivity index (χ2n) is 4.42. The van der Waals surface area contributed by atoms with Crippen molar-refractivity contribution in [1.29, 1.82) is 0 Å². The minimum absolute atomic E-state index is 0.00759. The lowest BCUT2D eigenvalue weighted by Gasteiger charge is -2.29. The minimum atomic E-state index is -3.14. The van der Waals surface area contributed by atoms with Gasteiger partial charge in [-0.25, -0.2) is 8.42 Å². The third-order valence-corrected chi connectivity index (χ3v) is 5.14. The summed E-state index contributed by atoms with van der Waals surface area (Å²) in [5, 5.41) is 3.28. The van der Waals surface area contributed by atoms with Crippen LogP contribution in [0.4, 0.5) is 5.69 Å². The van der Waals surface area contributed by atoms with Crippen LogP contribution in [0.2, 0.25) is 0 Å². The summed E-state index contributed by atoms with van der Waals surface area (Å²) in [5.41, 5.74) is 0.708. The Balaban J connectivity index is 2.52. The summed E-state index contributed by atoms with van der Waals surface area (Å²) in [5.74, 6) is 0.473. The van der Waals surface area contributed by atoms with Gasteiger partial charge in [0, 0.05) is 10.5 Å². The molecule has 1 heterocycles. The Morgan fingerprint density at radius 3 is 2.75 bits per heavy atom. The molecule has 1 aliphatic rings. The van der Waals surface area contributed by atoms with Crippen LogP contribution in [0.15, 0.2) is 27.6 Å². The summed E-state index contributed by atoms with van der Waals surface area (Å²) in [6, 6.07) is 5.22. The monoisotopic (exact) mass is 303 g/mol. The first-order chi connectivity index (χ1) is 7.40. The zero-order valence-electron chi connectivity index (χ0n) is 9.20. The number of nitrogens with one attached hydrogen (secondary N) is 1. The fraction of sp³-hybridized carbons (Fsp3) is 0.455. The van der Waals surface area contributed by atoms with E-state index in [4.69, 9.17) is 0 Å². The molecule has 0 radical (unpaired) electrons. The number of halogens is 1. The highest BCUT2D eigenvalue weighted by molar-refractivity contribution is 9.10.